The summed E-state index contributed by atoms with van der Waals surface area (Å²) >= 11 is 0. The van der Waals surface area contributed by atoms with Crippen LogP contribution in [0.2, 0.25) is 0 Å². The molecule has 0 aliphatic carbocycles. The molecule has 0 spiro atoms. The number of amides is 1. The third-order valence-corrected chi connectivity index (χ3v) is 2.78. The predicted molar refractivity (Wildman–Crippen MR) is 59.0 cm³/mol. The Morgan fingerprint density at radius 2 is 2.22 bits per heavy atom. The van der Waals surface area contributed by atoms with Crippen molar-refractivity contribution >= 4 is 22.2 Å². The highest BCUT2D eigenvalue weighted by molar-refractivity contribution is 7.85. The standard InChI is InChI=1S/C9H15NO7S/c1-3-15-9(12)10-6-16-8(11)7(10)4-5-17-18(2,13)14/h7H,3-6H2,1-2H3. The normalized spacial score (nSPS) is 19.8. The molecule has 1 heterocycles. The van der Waals surface area contributed by atoms with Crippen LogP contribution < -0.4 is 0 Å². The van der Waals surface area contributed by atoms with Gasteiger partial charge in [0.2, 0.25) is 0 Å². The molecule has 1 rings (SSSR count). The van der Waals surface area contributed by atoms with Crippen LogP contribution in [-0.4, -0.2) is 57.6 Å². The van der Waals surface area contributed by atoms with Crippen LogP contribution in [0.4, 0.5) is 4.79 Å². The van der Waals surface area contributed by atoms with Crippen molar-refractivity contribution in [1.82, 2.24) is 4.90 Å². The van der Waals surface area contributed by atoms with Crippen molar-refractivity contribution in [3.8, 4) is 0 Å². The van der Waals surface area contributed by atoms with Gasteiger partial charge in [-0.25, -0.2) is 9.59 Å². The fourth-order valence-corrected chi connectivity index (χ4v) is 1.82. The van der Waals surface area contributed by atoms with E-state index in [2.05, 4.69) is 4.18 Å². The van der Waals surface area contributed by atoms with E-state index in [9.17, 15) is 18.0 Å². The zero-order valence-corrected chi connectivity index (χ0v) is 10.9. The summed E-state index contributed by atoms with van der Waals surface area (Å²) in [6.45, 7) is 1.42. The summed E-state index contributed by atoms with van der Waals surface area (Å²) in [5, 5.41) is 0. The van der Waals surface area contributed by atoms with E-state index in [4.69, 9.17) is 9.47 Å². The Labute approximate surface area is 105 Å². The topological polar surface area (TPSA) is 99.2 Å². The molecule has 8 nitrogen and oxygen atoms in total. The van der Waals surface area contributed by atoms with Gasteiger partial charge in [0, 0.05) is 6.42 Å². The molecule has 0 bridgehead atoms. The molecular weight excluding hydrogens is 266 g/mol. The first-order valence-electron chi connectivity index (χ1n) is 5.29. The molecule has 0 aromatic rings. The summed E-state index contributed by atoms with van der Waals surface area (Å²) in [6.07, 6.45) is 0.265. The molecule has 18 heavy (non-hydrogen) atoms. The molecule has 0 saturated carbocycles. The summed E-state index contributed by atoms with van der Waals surface area (Å²) in [5.41, 5.74) is 0. The van der Waals surface area contributed by atoms with Gasteiger partial charge in [-0.05, 0) is 6.92 Å². The van der Waals surface area contributed by atoms with Crippen LogP contribution in [0, 0.1) is 0 Å². The molecule has 1 fully saturated rings. The third-order valence-electron chi connectivity index (χ3n) is 2.19. The van der Waals surface area contributed by atoms with E-state index in [0.717, 1.165) is 11.2 Å². The number of cyclic esters (lactones) is 1. The van der Waals surface area contributed by atoms with Crippen molar-refractivity contribution in [2.45, 2.75) is 19.4 Å². The maximum Gasteiger partial charge on any atom is 0.413 e. The fraction of sp³-hybridized carbons (Fsp3) is 0.778. The lowest BCUT2D eigenvalue weighted by atomic mass is 10.2. The van der Waals surface area contributed by atoms with Gasteiger partial charge in [-0.2, -0.15) is 8.42 Å². The Hall–Kier alpha value is -1.35. The van der Waals surface area contributed by atoms with Crippen LogP contribution >= 0.6 is 0 Å². The lowest BCUT2D eigenvalue weighted by Crippen LogP contribution is -2.39. The van der Waals surface area contributed by atoms with Crippen LogP contribution in [0.15, 0.2) is 0 Å². The summed E-state index contributed by atoms with van der Waals surface area (Å²) in [5.74, 6) is -0.597. The van der Waals surface area contributed by atoms with Crippen LogP contribution in [0.25, 0.3) is 0 Å². The van der Waals surface area contributed by atoms with Crippen molar-refractivity contribution in [3.63, 3.8) is 0 Å². The van der Waals surface area contributed by atoms with Gasteiger partial charge in [0.25, 0.3) is 10.1 Å². The highest BCUT2D eigenvalue weighted by Crippen LogP contribution is 2.16. The Bertz CT molecular complexity index is 419. The second-order valence-corrected chi connectivity index (χ2v) is 5.24. The van der Waals surface area contributed by atoms with Crippen LogP contribution in [0.3, 0.4) is 0 Å². The zero-order chi connectivity index (χ0) is 13.8. The molecule has 9 heteroatoms. The number of hydrogen-bond acceptors (Lipinski definition) is 7. The Morgan fingerprint density at radius 1 is 1.56 bits per heavy atom. The van der Waals surface area contributed by atoms with Gasteiger partial charge in [-0.1, -0.05) is 0 Å². The van der Waals surface area contributed by atoms with Crippen molar-refractivity contribution in [2.24, 2.45) is 0 Å². The van der Waals surface area contributed by atoms with Gasteiger partial charge in [0.1, 0.15) is 6.04 Å². The minimum absolute atomic E-state index is 0.0325. The highest BCUT2D eigenvalue weighted by Gasteiger charge is 2.38. The lowest BCUT2D eigenvalue weighted by Gasteiger charge is -2.18. The first-order chi connectivity index (χ1) is 8.35. The van der Waals surface area contributed by atoms with Gasteiger partial charge in [-0.15, -0.1) is 0 Å². The lowest BCUT2D eigenvalue weighted by molar-refractivity contribution is -0.139. The molecule has 1 amide bonds. The minimum atomic E-state index is -3.57. The van der Waals surface area contributed by atoms with Crippen LogP contribution in [-0.2, 0) is 28.6 Å². The minimum Gasteiger partial charge on any atom is -0.450 e. The number of carbonyl (C=O) groups is 2. The maximum absolute atomic E-state index is 11.5. The average Bonchev–Trinajstić information content (AvgIpc) is 2.59. The summed E-state index contributed by atoms with van der Waals surface area (Å²) < 4.78 is 35.5. The number of carbonyl (C=O) groups excluding carboxylic acids is 2. The van der Waals surface area contributed by atoms with E-state index in [-0.39, 0.29) is 26.4 Å². The van der Waals surface area contributed by atoms with Crippen LogP contribution in [0.5, 0.6) is 0 Å². The molecular formula is C9H15NO7S. The van der Waals surface area contributed by atoms with Gasteiger partial charge in [0.15, 0.2) is 6.73 Å². The SMILES string of the molecule is CCOC(=O)N1COC(=O)C1CCOS(C)(=O)=O. The first-order valence-corrected chi connectivity index (χ1v) is 7.11. The van der Waals surface area contributed by atoms with E-state index < -0.39 is 28.2 Å². The van der Waals surface area contributed by atoms with Crippen molar-refractivity contribution in [2.75, 3.05) is 26.2 Å². The average molecular weight is 281 g/mol. The summed E-state index contributed by atoms with van der Waals surface area (Å²) in [6, 6.07) is -0.870. The molecule has 1 atom stereocenters. The molecule has 1 aliphatic rings. The second kappa shape index (κ2) is 6.01. The zero-order valence-electron chi connectivity index (χ0n) is 10.1. The largest absolute Gasteiger partial charge is 0.450 e. The van der Waals surface area contributed by atoms with Crippen molar-refractivity contribution in [3.05, 3.63) is 0 Å². The third kappa shape index (κ3) is 4.15. The number of ether oxygens (including phenoxy) is 2. The molecule has 0 aromatic carbocycles. The predicted octanol–water partition coefficient (Wildman–Crippen LogP) is -0.306. The van der Waals surface area contributed by atoms with E-state index >= 15 is 0 Å². The molecule has 104 valence electrons. The van der Waals surface area contributed by atoms with E-state index in [0.29, 0.717) is 0 Å². The van der Waals surface area contributed by atoms with Crippen LogP contribution in [0.1, 0.15) is 13.3 Å². The van der Waals surface area contributed by atoms with Gasteiger partial charge >= 0.3 is 12.1 Å². The Morgan fingerprint density at radius 3 is 2.78 bits per heavy atom. The molecule has 0 N–H and O–H groups in total. The maximum atomic E-state index is 11.5. The van der Waals surface area contributed by atoms with Gasteiger partial charge < -0.3 is 9.47 Å². The summed E-state index contributed by atoms with van der Waals surface area (Å²) in [7, 11) is -3.57. The second-order valence-electron chi connectivity index (χ2n) is 3.59. The Kier molecular flexibility index (Phi) is 4.91. The van der Waals surface area contributed by atoms with Crippen molar-refractivity contribution in [1.29, 1.82) is 0 Å². The van der Waals surface area contributed by atoms with Gasteiger partial charge in [-0.3, -0.25) is 9.08 Å². The van der Waals surface area contributed by atoms with E-state index in [1.54, 1.807) is 6.92 Å². The molecule has 1 saturated heterocycles. The summed E-state index contributed by atoms with van der Waals surface area (Å²) in [4.78, 5) is 23.9. The number of rotatable bonds is 5. The molecule has 1 unspecified atom stereocenters. The fourth-order valence-electron chi connectivity index (χ4n) is 1.42. The Balaban J connectivity index is 2.54. The molecule has 1 aliphatic heterocycles. The number of hydrogen-bond donors (Lipinski definition) is 0. The monoisotopic (exact) mass is 281 g/mol. The quantitative estimate of drug-likeness (QED) is 0.503. The smallest absolute Gasteiger partial charge is 0.413 e. The van der Waals surface area contributed by atoms with Gasteiger partial charge in [0.05, 0.1) is 19.5 Å². The van der Waals surface area contributed by atoms with E-state index in [1.165, 1.54) is 0 Å². The van der Waals surface area contributed by atoms with E-state index in [1.807, 2.05) is 0 Å². The first kappa shape index (κ1) is 14.7. The molecule has 0 aromatic heterocycles. The highest BCUT2D eigenvalue weighted by atomic mass is 32.2. The number of nitrogens with zero attached hydrogens (tertiary/aromatic N) is 1. The van der Waals surface area contributed by atoms with Crippen molar-refractivity contribution < 1.29 is 31.7 Å². The number of esters is 1. The molecule has 0 radical (unpaired) electrons.